The molecule has 2 amide bonds. The van der Waals surface area contributed by atoms with Crippen molar-refractivity contribution in [1.29, 1.82) is 0 Å². The molecule has 1 aromatic rings. The van der Waals surface area contributed by atoms with Crippen molar-refractivity contribution in [3.8, 4) is 0 Å². The molecule has 0 aliphatic heterocycles. The minimum Gasteiger partial charge on any atom is -0.353 e. The molecule has 0 spiro atoms. The molecule has 1 aliphatic rings. The van der Waals surface area contributed by atoms with Gasteiger partial charge in [-0.2, -0.15) is 0 Å². The second-order valence-corrected chi connectivity index (χ2v) is 6.64. The number of nitrogens with one attached hydrogen (secondary N) is 2. The van der Waals surface area contributed by atoms with Crippen molar-refractivity contribution in [3.63, 3.8) is 0 Å². The molecule has 1 atom stereocenters. The number of rotatable bonds is 6. The van der Waals surface area contributed by atoms with E-state index in [2.05, 4.69) is 22.8 Å². The highest BCUT2D eigenvalue weighted by atomic mass is 16.2. The van der Waals surface area contributed by atoms with Gasteiger partial charge in [-0.15, -0.1) is 0 Å². The zero-order valence-corrected chi connectivity index (χ0v) is 13.7. The Morgan fingerprint density at radius 2 is 1.82 bits per heavy atom. The maximum atomic E-state index is 12.4. The van der Waals surface area contributed by atoms with Crippen molar-refractivity contribution in [2.45, 2.75) is 51.5 Å². The van der Waals surface area contributed by atoms with Gasteiger partial charge in [0.25, 0.3) is 0 Å². The summed E-state index contributed by atoms with van der Waals surface area (Å²) in [6, 6.07) is 9.92. The average molecular weight is 302 g/mol. The Bertz CT molecular complexity index is 521. The lowest BCUT2D eigenvalue weighted by Gasteiger charge is -2.43. The first-order valence-electron chi connectivity index (χ1n) is 8.05. The van der Waals surface area contributed by atoms with Crippen LogP contribution in [0.5, 0.6) is 0 Å². The highest BCUT2D eigenvalue weighted by Crippen LogP contribution is 2.43. The summed E-state index contributed by atoms with van der Waals surface area (Å²) in [5.41, 5.74) is 1.36. The third-order valence-electron chi connectivity index (χ3n) is 4.61. The standard InChI is InChI=1S/C18H26N2O2/c1-13(2)16(20-14(3)21)17(22)19-12-18(10-7-11-18)15-8-5-4-6-9-15/h4-6,8-9,13,16H,7,10-12H2,1-3H3,(H,19,22)(H,20,21). The fourth-order valence-electron chi connectivity index (χ4n) is 3.08. The van der Waals surface area contributed by atoms with E-state index in [1.807, 2.05) is 32.0 Å². The van der Waals surface area contributed by atoms with Crippen LogP contribution in [-0.4, -0.2) is 24.4 Å². The summed E-state index contributed by atoms with van der Waals surface area (Å²) in [5.74, 6) is -0.194. The molecular weight excluding hydrogens is 276 g/mol. The Labute approximate surface area is 132 Å². The molecule has 22 heavy (non-hydrogen) atoms. The molecule has 0 heterocycles. The molecule has 2 N–H and O–H groups in total. The van der Waals surface area contributed by atoms with E-state index in [1.54, 1.807) is 0 Å². The van der Waals surface area contributed by atoms with Crippen LogP contribution in [-0.2, 0) is 15.0 Å². The SMILES string of the molecule is CC(=O)NC(C(=O)NCC1(c2ccccc2)CCC1)C(C)C. The van der Waals surface area contributed by atoms with Gasteiger partial charge in [0.05, 0.1) is 0 Å². The third-order valence-corrected chi connectivity index (χ3v) is 4.61. The summed E-state index contributed by atoms with van der Waals surface area (Å²) in [4.78, 5) is 23.7. The fraction of sp³-hybridized carbons (Fsp3) is 0.556. The number of benzene rings is 1. The van der Waals surface area contributed by atoms with Crippen molar-refractivity contribution < 1.29 is 9.59 Å². The first-order chi connectivity index (χ1) is 10.4. The summed E-state index contributed by atoms with van der Waals surface area (Å²) in [7, 11) is 0. The monoisotopic (exact) mass is 302 g/mol. The number of amides is 2. The van der Waals surface area contributed by atoms with Crippen LogP contribution in [0.2, 0.25) is 0 Å². The Morgan fingerprint density at radius 3 is 2.27 bits per heavy atom. The lowest BCUT2D eigenvalue weighted by Crippen LogP contribution is -2.53. The van der Waals surface area contributed by atoms with Crippen LogP contribution in [0.4, 0.5) is 0 Å². The van der Waals surface area contributed by atoms with Gasteiger partial charge in [-0.25, -0.2) is 0 Å². The van der Waals surface area contributed by atoms with E-state index in [-0.39, 0.29) is 23.1 Å². The van der Waals surface area contributed by atoms with Crippen molar-refractivity contribution in [3.05, 3.63) is 35.9 Å². The molecule has 0 aromatic heterocycles. The largest absolute Gasteiger partial charge is 0.353 e. The highest BCUT2D eigenvalue weighted by Gasteiger charge is 2.39. The Morgan fingerprint density at radius 1 is 1.18 bits per heavy atom. The molecular formula is C18H26N2O2. The van der Waals surface area contributed by atoms with Crippen LogP contribution < -0.4 is 10.6 Å². The third kappa shape index (κ3) is 3.67. The van der Waals surface area contributed by atoms with Crippen LogP contribution >= 0.6 is 0 Å². The van der Waals surface area contributed by atoms with Crippen LogP contribution in [0.25, 0.3) is 0 Å². The Hall–Kier alpha value is -1.84. The van der Waals surface area contributed by atoms with Gasteiger partial charge in [-0.3, -0.25) is 9.59 Å². The van der Waals surface area contributed by atoms with Gasteiger partial charge in [-0.05, 0) is 24.3 Å². The van der Waals surface area contributed by atoms with E-state index in [4.69, 9.17) is 0 Å². The molecule has 1 fully saturated rings. The molecule has 2 rings (SSSR count). The van der Waals surface area contributed by atoms with Crippen LogP contribution in [0.3, 0.4) is 0 Å². The van der Waals surface area contributed by atoms with Gasteiger partial charge in [-0.1, -0.05) is 50.6 Å². The van der Waals surface area contributed by atoms with Gasteiger partial charge in [0.2, 0.25) is 11.8 Å². The molecule has 4 heteroatoms. The topological polar surface area (TPSA) is 58.2 Å². The fourth-order valence-corrected chi connectivity index (χ4v) is 3.08. The van der Waals surface area contributed by atoms with Crippen LogP contribution in [0.15, 0.2) is 30.3 Å². The van der Waals surface area contributed by atoms with Crippen molar-refractivity contribution in [2.24, 2.45) is 5.92 Å². The quantitative estimate of drug-likeness (QED) is 0.847. The zero-order valence-electron chi connectivity index (χ0n) is 13.7. The number of carbonyl (C=O) groups excluding carboxylic acids is 2. The van der Waals surface area contributed by atoms with Gasteiger partial charge in [0.1, 0.15) is 6.04 Å². The molecule has 0 radical (unpaired) electrons. The lowest BCUT2D eigenvalue weighted by molar-refractivity contribution is -0.129. The average Bonchev–Trinajstić information content (AvgIpc) is 2.44. The molecule has 0 bridgehead atoms. The normalized spacial score (nSPS) is 17.5. The van der Waals surface area contributed by atoms with E-state index in [9.17, 15) is 9.59 Å². The number of hydrogen-bond donors (Lipinski definition) is 2. The van der Waals surface area contributed by atoms with Gasteiger partial charge in [0, 0.05) is 18.9 Å². The van der Waals surface area contributed by atoms with Crippen molar-refractivity contribution in [2.75, 3.05) is 6.54 Å². The van der Waals surface area contributed by atoms with Gasteiger partial charge < -0.3 is 10.6 Å². The van der Waals surface area contributed by atoms with E-state index in [0.717, 1.165) is 12.8 Å². The smallest absolute Gasteiger partial charge is 0.242 e. The molecule has 1 saturated carbocycles. The molecule has 0 saturated heterocycles. The van der Waals surface area contributed by atoms with Crippen LogP contribution in [0, 0.1) is 5.92 Å². The number of hydrogen-bond acceptors (Lipinski definition) is 2. The molecule has 120 valence electrons. The van der Waals surface area contributed by atoms with Crippen LogP contribution in [0.1, 0.15) is 45.6 Å². The number of carbonyl (C=O) groups is 2. The predicted octanol–water partition coefficient (Wildman–Crippen LogP) is 2.39. The second-order valence-electron chi connectivity index (χ2n) is 6.64. The second kappa shape index (κ2) is 6.95. The van der Waals surface area contributed by atoms with E-state index in [1.165, 1.54) is 18.9 Å². The van der Waals surface area contributed by atoms with Crippen molar-refractivity contribution >= 4 is 11.8 Å². The Kier molecular flexibility index (Phi) is 5.22. The van der Waals surface area contributed by atoms with Crippen molar-refractivity contribution in [1.82, 2.24) is 10.6 Å². The maximum absolute atomic E-state index is 12.4. The Balaban J connectivity index is 2.01. The lowest BCUT2D eigenvalue weighted by atomic mass is 9.64. The summed E-state index contributed by atoms with van der Waals surface area (Å²) in [5, 5.41) is 5.80. The molecule has 1 aromatic carbocycles. The zero-order chi connectivity index (χ0) is 16.2. The maximum Gasteiger partial charge on any atom is 0.242 e. The van der Waals surface area contributed by atoms with E-state index < -0.39 is 6.04 Å². The molecule has 1 unspecified atom stereocenters. The van der Waals surface area contributed by atoms with Gasteiger partial charge in [0.15, 0.2) is 0 Å². The minimum atomic E-state index is -0.467. The highest BCUT2D eigenvalue weighted by molar-refractivity contribution is 5.87. The predicted molar refractivity (Wildman–Crippen MR) is 87.4 cm³/mol. The molecule has 4 nitrogen and oxygen atoms in total. The van der Waals surface area contributed by atoms with E-state index in [0.29, 0.717) is 6.54 Å². The first-order valence-corrected chi connectivity index (χ1v) is 8.05. The van der Waals surface area contributed by atoms with E-state index >= 15 is 0 Å². The summed E-state index contributed by atoms with van der Waals surface area (Å²) in [6.45, 7) is 5.96. The first kappa shape index (κ1) is 16.5. The minimum absolute atomic E-state index is 0.0642. The summed E-state index contributed by atoms with van der Waals surface area (Å²) in [6.07, 6.45) is 3.40. The molecule has 1 aliphatic carbocycles. The summed E-state index contributed by atoms with van der Waals surface area (Å²) >= 11 is 0. The summed E-state index contributed by atoms with van der Waals surface area (Å²) < 4.78 is 0. The van der Waals surface area contributed by atoms with Gasteiger partial charge >= 0.3 is 0 Å².